The highest BCUT2D eigenvalue weighted by Crippen LogP contribution is 2.29. The molecule has 2 aromatic heterocycles. The number of thiazole rings is 1. The number of nitrogens with two attached hydrogens (primary N) is 1. The van der Waals surface area contributed by atoms with Crippen molar-refractivity contribution in [1.82, 2.24) is 4.98 Å². The minimum absolute atomic E-state index is 0.497. The molecule has 13 heavy (non-hydrogen) atoms. The Balaban J connectivity index is 2.51. The van der Waals surface area contributed by atoms with Gasteiger partial charge in [0.1, 0.15) is 9.71 Å². The van der Waals surface area contributed by atoms with Gasteiger partial charge in [0.15, 0.2) is 0 Å². The van der Waals surface area contributed by atoms with Crippen LogP contribution in [0.5, 0.6) is 0 Å². The van der Waals surface area contributed by atoms with Crippen molar-refractivity contribution >= 4 is 38.2 Å². The number of nitrogens with zero attached hydrogens (tertiary/aromatic N) is 1. The average Bonchev–Trinajstić information content (AvgIpc) is 2.59. The van der Waals surface area contributed by atoms with Crippen molar-refractivity contribution in [3.63, 3.8) is 0 Å². The summed E-state index contributed by atoms with van der Waals surface area (Å²) in [7, 11) is 0. The van der Waals surface area contributed by atoms with Crippen molar-refractivity contribution in [1.29, 1.82) is 0 Å². The third kappa shape index (κ3) is 1.43. The molecule has 0 radical (unpaired) electrons. The summed E-state index contributed by atoms with van der Waals surface area (Å²) in [5.41, 5.74) is 0. The van der Waals surface area contributed by atoms with E-state index in [1.165, 1.54) is 11.3 Å². The van der Waals surface area contributed by atoms with Gasteiger partial charge in [0.05, 0.1) is 9.71 Å². The molecule has 0 fully saturated rings. The van der Waals surface area contributed by atoms with Gasteiger partial charge in [0, 0.05) is 0 Å². The predicted octanol–water partition coefficient (Wildman–Crippen LogP) is 1.70. The van der Waals surface area contributed by atoms with Crippen LogP contribution in [0.2, 0.25) is 0 Å². The molecule has 0 bridgehead atoms. The van der Waals surface area contributed by atoms with Crippen LogP contribution in [0, 0.1) is 6.92 Å². The van der Waals surface area contributed by atoms with Gasteiger partial charge < -0.3 is 4.84 Å². The normalized spacial score (nSPS) is 10.6. The molecule has 4 nitrogen and oxygen atoms in total. The SMILES string of the molecule is Cc1nc2sc(C(=O)ON)cc2s1. The average molecular weight is 214 g/mol. The maximum absolute atomic E-state index is 11.0. The van der Waals surface area contributed by atoms with Crippen molar-refractivity contribution < 1.29 is 9.63 Å². The fourth-order valence-electron chi connectivity index (χ4n) is 0.999. The molecule has 0 aliphatic heterocycles. The second-order valence-corrected chi connectivity index (χ2v) is 4.68. The number of carbonyl (C=O) groups excluding carboxylic acids is 1. The molecule has 2 aromatic rings. The quantitative estimate of drug-likeness (QED) is 0.734. The molecule has 0 unspecified atom stereocenters. The van der Waals surface area contributed by atoms with Crippen LogP contribution >= 0.6 is 22.7 Å². The van der Waals surface area contributed by atoms with E-state index in [2.05, 4.69) is 9.82 Å². The van der Waals surface area contributed by atoms with Gasteiger partial charge in [0.2, 0.25) is 0 Å². The molecule has 0 saturated carbocycles. The molecule has 68 valence electrons. The van der Waals surface area contributed by atoms with Gasteiger partial charge in [-0.1, -0.05) is 0 Å². The Morgan fingerprint density at radius 3 is 3.00 bits per heavy atom. The smallest absolute Gasteiger partial charge is 0.366 e. The van der Waals surface area contributed by atoms with Crippen LogP contribution in [-0.2, 0) is 4.84 Å². The molecular weight excluding hydrogens is 208 g/mol. The second kappa shape index (κ2) is 3.06. The third-order valence-corrected chi connectivity index (χ3v) is 3.56. The van der Waals surface area contributed by atoms with Crippen LogP contribution in [0.1, 0.15) is 14.7 Å². The molecule has 0 spiro atoms. The monoisotopic (exact) mass is 214 g/mol. The Kier molecular flexibility index (Phi) is 2.03. The molecule has 2 N–H and O–H groups in total. The topological polar surface area (TPSA) is 65.2 Å². The van der Waals surface area contributed by atoms with Gasteiger partial charge in [-0.3, -0.25) is 0 Å². The lowest BCUT2D eigenvalue weighted by Crippen LogP contribution is -2.07. The molecule has 0 aliphatic carbocycles. The van der Waals surface area contributed by atoms with Crippen molar-refractivity contribution in [3.05, 3.63) is 16.0 Å². The highest BCUT2D eigenvalue weighted by molar-refractivity contribution is 7.27. The van der Waals surface area contributed by atoms with Gasteiger partial charge in [-0.05, 0) is 13.0 Å². The number of aromatic nitrogens is 1. The van der Waals surface area contributed by atoms with Crippen LogP contribution in [0.3, 0.4) is 0 Å². The standard InChI is InChI=1S/C7H6N2O2S2/c1-3-9-6-4(12-3)2-5(13-6)7(10)11-8/h2H,8H2,1H3. The van der Waals surface area contributed by atoms with Crippen LogP contribution in [0.25, 0.3) is 9.53 Å². The summed E-state index contributed by atoms with van der Waals surface area (Å²) in [4.78, 5) is 20.7. The molecule has 2 rings (SSSR count). The van der Waals surface area contributed by atoms with Crippen molar-refractivity contribution in [2.24, 2.45) is 5.90 Å². The van der Waals surface area contributed by atoms with Gasteiger partial charge in [0.25, 0.3) is 0 Å². The van der Waals surface area contributed by atoms with Crippen molar-refractivity contribution in [2.45, 2.75) is 6.92 Å². The number of carbonyl (C=O) groups is 1. The lowest BCUT2D eigenvalue weighted by Gasteiger charge is -1.89. The maximum atomic E-state index is 11.0. The fraction of sp³-hybridized carbons (Fsp3) is 0.143. The van der Waals surface area contributed by atoms with E-state index in [0.29, 0.717) is 4.88 Å². The minimum atomic E-state index is -0.507. The summed E-state index contributed by atoms with van der Waals surface area (Å²) in [6.07, 6.45) is 0. The van der Waals surface area contributed by atoms with Gasteiger partial charge >= 0.3 is 5.97 Å². The van der Waals surface area contributed by atoms with E-state index in [-0.39, 0.29) is 0 Å². The predicted molar refractivity (Wildman–Crippen MR) is 51.8 cm³/mol. The maximum Gasteiger partial charge on any atom is 0.366 e. The van der Waals surface area contributed by atoms with Crippen molar-refractivity contribution in [3.8, 4) is 0 Å². The van der Waals surface area contributed by atoms with E-state index in [9.17, 15) is 4.79 Å². The summed E-state index contributed by atoms with van der Waals surface area (Å²) in [5.74, 6) is 4.26. The minimum Gasteiger partial charge on any atom is -0.369 e. The van der Waals surface area contributed by atoms with E-state index < -0.39 is 5.97 Å². The zero-order valence-corrected chi connectivity index (χ0v) is 8.37. The molecule has 0 amide bonds. The first kappa shape index (κ1) is 8.61. The van der Waals surface area contributed by atoms with E-state index >= 15 is 0 Å². The summed E-state index contributed by atoms with van der Waals surface area (Å²) < 4.78 is 1.00. The third-order valence-electron chi connectivity index (χ3n) is 1.50. The Morgan fingerprint density at radius 1 is 1.62 bits per heavy atom. The van der Waals surface area contributed by atoms with Crippen LogP contribution in [0.4, 0.5) is 0 Å². The Bertz CT molecular complexity index is 428. The molecule has 2 heterocycles. The molecule has 6 heteroatoms. The first-order valence-electron chi connectivity index (χ1n) is 3.49. The Hall–Kier alpha value is -0.980. The summed E-state index contributed by atoms with van der Waals surface area (Å²) in [6, 6.07) is 1.75. The number of hydrogen-bond donors (Lipinski definition) is 1. The molecular formula is C7H6N2O2S2. The fourth-order valence-corrected chi connectivity index (χ4v) is 3.01. The van der Waals surface area contributed by atoms with E-state index in [0.717, 1.165) is 14.5 Å². The number of hydrogen-bond acceptors (Lipinski definition) is 6. The van der Waals surface area contributed by atoms with Gasteiger partial charge in [-0.25, -0.2) is 9.78 Å². The molecule has 0 aromatic carbocycles. The summed E-state index contributed by atoms with van der Waals surface area (Å²) in [5, 5.41) is 0.994. The molecule has 0 saturated heterocycles. The van der Waals surface area contributed by atoms with Crippen molar-refractivity contribution in [2.75, 3.05) is 0 Å². The number of rotatable bonds is 1. The second-order valence-electron chi connectivity index (χ2n) is 2.42. The lowest BCUT2D eigenvalue weighted by molar-refractivity contribution is 0.0509. The van der Waals surface area contributed by atoms with Gasteiger partial charge in [-0.15, -0.1) is 22.7 Å². The van der Waals surface area contributed by atoms with Crippen LogP contribution < -0.4 is 5.90 Å². The first-order chi connectivity index (χ1) is 6.20. The highest BCUT2D eigenvalue weighted by Gasteiger charge is 2.12. The van der Waals surface area contributed by atoms with E-state index in [1.54, 1.807) is 17.4 Å². The van der Waals surface area contributed by atoms with Crippen LogP contribution in [0.15, 0.2) is 6.07 Å². The highest BCUT2D eigenvalue weighted by atomic mass is 32.1. The number of aryl methyl sites for hydroxylation is 1. The largest absolute Gasteiger partial charge is 0.369 e. The number of fused-ring (bicyclic) bond motifs is 1. The van der Waals surface area contributed by atoms with Gasteiger partial charge in [-0.2, -0.15) is 5.90 Å². The lowest BCUT2D eigenvalue weighted by atomic mass is 10.5. The summed E-state index contributed by atoms with van der Waals surface area (Å²) in [6.45, 7) is 1.93. The Morgan fingerprint density at radius 2 is 2.38 bits per heavy atom. The first-order valence-corrected chi connectivity index (χ1v) is 5.12. The zero-order chi connectivity index (χ0) is 9.42. The van der Waals surface area contributed by atoms with Crippen LogP contribution in [-0.4, -0.2) is 11.0 Å². The molecule has 0 atom stereocenters. The zero-order valence-electron chi connectivity index (χ0n) is 6.73. The summed E-state index contributed by atoms with van der Waals surface area (Å²) >= 11 is 2.85. The van der Waals surface area contributed by atoms with E-state index in [4.69, 9.17) is 5.90 Å². The number of thiophene rings is 1. The Labute approximate surface area is 81.9 Å². The molecule has 0 aliphatic rings. The van der Waals surface area contributed by atoms with E-state index in [1.807, 2.05) is 6.92 Å².